The number of piperazine rings is 1. The maximum Gasteiger partial charge on any atom is 0.263 e. The first-order valence-electron chi connectivity index (χ1n) is 13.7. The Labute approximate surface area is 251 Å². The molecule has 1 aliphatic rings. The Morgan fingerprint density at radius 1 is 0.881 bits per heavy atom. The highest BCUT2D eigenvalue weighted by Gasteiger charge is 2.26. The van der Waals surface area contributed by atoms with Crippen molar-refractivity contribution < 1.29 is 17.9 Å². The smallest absolute Gasteiger partial charge is 0.263 e. The third kappa shape index (κ3) is 7.16. The number of nitrogens with zero attached hydrogens (tertiary/aromatic N) is 2. The number of halogens is 1. The lowest BCUT2D eigenvalue weighted by molar-refractivity contribution is 0.0746. The van der Waals surface area contributed by atoms with Crippen molar-refractivity contribution in [1.82, 2.24) is 4.90 Å². The summed E-state index contributed by atoms with van der Waals surface area (Å²) >= 11 is 6.00. The molecule has 0 saturated carbocycles. The zero-order chi connectivity index (χ0) is 29.5. The number of carbonyl (C=O) groups is 1. The molecule has 2 N–H and O–H groups in total. The van der Waals surface area contributed by atoms with Gasteiger partial charge in [-0.15, -0.1) is 0 Å². The number of hydrogen-bond donors (Lipinski definition) is 2. The van der Waals surface area contributed by atoms with Gasteiger partial charge in [0.15, 0.2) is 0 Å². The van der Waals surface area contributed by atoms with E-state index in [4.69, 9.17) is 16.3 Å². The Bertz CT molecular complexity index is 1620. The summed E-state index contributed by atoms with van der Waals surface area (Å²) in [5.74, 6) is 0.323. The standard InChI is InChI=1S/C32H33ClN4O4S/c1-41-29-9-5-6-27(23-29)35-42(39,40)31-22-25(12-15-30(31)34-17-16-24-10-13-26(33)14-11-24)32(38)37-20-18-36(19-21-37)28-7-3-2-4-8-28/h2-15,22-23,34-35H,16-21H2,1H3. The number of para-hydroxylation sites is 1. The molecule has 10 heteroatoms. The van der Waals surface area contributed by atoms with Crippen molar-refractivity contribution in [2.45, 2.75) is 11.3 Å². The highest BCUT2D eigenvalue weighted by atomic mass is 35.5. The van der Waals surface area contributed by atoms with Crippen LogP contribution in [0.5, 0.6) is 5.75 Å². The van der Waals surface area contributed by atoms with Crippen LogP contribution >= 0.6 is 11.6 Å². The summed E-state index contributed by atoms with van der Waals surface area (Å²) in [6, 6.07) is 29.1. The van der Waals surface area contributed by atoms with Gasteiger partial charge in [-0.2, -0.15) is 0 Å². The van der Waals surface area contributed by atoms with Crippen molar-refractivity contribution in [3.05, 3.63) is 113 Å². The predicted molar refractivity (Wildman–Crippen MR) is 168 cm³/mol. The van der Waals surface area contributed by atoms with E-state index < -0.39 is 10.0 Å². The molecule has 1 aliphatic heterocycles. The third-order valence-corrected chi connectivity index (χ3v) is 8.84. The van der Waals surface area contributed by atoms with Crippen LogP contribution in [0.25, 0.3) is 0 Å². The second kappa shape index (κ2) is 13.2. The molecule has 1 amide bonds. The molecule has 0 aromatic heterocycles. The van der Waals surface area contributed by atoms with E-state index in [9.17, 15) is 13.2 Å². The minimum atomic E-state index is -4.07. The normalized spacial score (nSPS) is 13.5. The average molecular weight is 605 g/mol. The number of sulfonamides is 1. The van der Waals surface area contributed by atoms with Crippen molar-refractivity contribution in [3.63, 3.8) is 0 Å². The summed E-state index contributed by atoms with van der Waals surface area (Å²) < 4.78 is 35.3. The SMILES string of the molecule is COc1cccc(NS(=O)(=O)c2cc(C(=O)N3CCN(c4ccccc4)CC3)ccc2NCCc2ccc(Cl)cc2)c1. The van der Waals surface area contributed by atoms with Crippen molar-refractivity contribution in [3.8, 4) is 5.75 Å². The molecule has 0 spiro atoms. The van der Waals surface area contributed by atoms with E-state index in [-0.39, 0.29) is 10.8 Å². The fourth-order valence-corrected chi connectivity index (χ4v) is 6.29. The molecule has 0 bridgehead atoms. The van der Waals surface area contributed by atoms with Gasteiger partial charge in [0.05, 0.1) is 18.5 Å². The molecule has 4 aromatic rings. The van der Waals surface area contributed by atoms with Crippen LogP contribution in [-0.2, 0) is 16.4 Å². The summed E-state index contributed by atoms with van der Waals surface area (Å²) in [6.07, 6.45) is 0.659. The molecule has 8 nitrogen and oxygen atoms in total. The predicted octanol–water partition coefficient (Wildman–Crippen LogP) is 5.77. The molecule has 42 heavy (non-hydrogen) atoms. The lowest BCUT2D eigenvalue weighted by Crippen LogP contribution is -2.48. The van der Waals surface area contributed by atoms with Gasteiger partial charge in [-0.3, -0.25) is 9.52 Å². The first-order valence-corrected chi connectivity index (χ1v) is 15.6. The maximum absolute atomic E-state index is 13.7. The number of carbonyl (C=O) groups excluding carboxylic acids is 1. The van der Waals surface area contributed by atoms with Crippen LogP contribution in [0.2, 0.25) is 5.02 Å². The van der Waals surface area contributed by atoms with Gasteiger partial charge in [-0.1, -0.05) is 48.0 Å². The molecule has 4 aromatic carbocycles. The van der Waals surface area contributed by atoms with Crippen LogP contribution in [0.4, 0.5) is 17.1 Å². The van der Waals surface area contributed by atoms with Gasteiger partial charge in [-0.05, 0) is 66.6 Å². The summed E-state index contributed by atoms with van der Waals surface area (Å²) in [5.41, 5.74) is 3.26. The summed E-state index contributed by atoms with van der Waals surface area (Å²) in [5, 5.41) is 3.91. The summed E-state index contributed by atoms with van der Waals surface area (Å²) in [7, 11) is -2.55. The fraction of sp³-hybridized carbons (Fsp3) is 0.219. The van der Waals surface area contributed by atoms with Crippen LogP contribution in [0.1, 0.15) is 15.9 Å². The van der Waals surface area contributed by atoms with E-state index in [2.05, 4.69) is 27.1 Å². The van der Waals surface area contributed by atoms with E-state index in [1.807, 2.05) is 42.5 Å². The zero-order valence-corrected chi connectivity index (χ0v) is 24.9. The Balaban J connectivity index is 1.36. The van der Waals surface area contributed by atoms with Gasteiger partial charge in [0.25, 0.3) is 15.9 Å². The topological polar surface area (TPSA) is 91.0 Å². The molecule has 0 unspecified atom stereocenters. The molecular formula is C32H33ClN4O4S. The molecule has 0 atom stereocenters. The van der Waals surface area contributed by atoms with Gasteiger partial charge in [0.1, 0.15) is 10.6 Å². The van der Waals surface area contributed by atoms with Crippen LogP contribution in [0.15, 0.2) is 102 Å². The van der Waals surface area contributed by atoms with Gasteiger partial charge < -0.3 is 19.9 Å². The number of ether oxygens (including phenoxy) is 1. The molecule has 1 heterocycles. The number of anilines is 3. The van der Waals surface area contributed by atoms with Gasteiger partial charge in [-0.25, -0.2) is 8.42 Å². The van der Waals surface area contributed by atoms with E-state index >= 15 is 0 Å². The van der Waals surface area contributed by atoms with E-state index in [1.54, 1.807) is 41.3 Å². The average Bonchev–Trinajstić information content (AvgIpc) is 3.02. The Kier molecular flexibility index (Phi) is 9.19. The fourth-order valence-electron chi connectivity index (χ4n) is 4.90. The molecule has 5 rings (SSSR count). The Morgan fingerprint density at radius 2 is 1.62 bits per heavy atom. The van der Waals surface area contributed by atoms with Gasteiger partial charge in [0.2, 0.25) is 0 Å². The number of rotatable bonds is 10. The number of amides is 1. The van der Waals surface area contributed by atoms with Crippen LogP contribution in [0, 0.1) is 0 Å². The highest BCUT2D eigenvalue weighted by Crippen LogP contribution is 2.28. The lowest BCUT2D eigenvalue weighted by Gasteiger charge is -2.36. The Morgan fingerprint density at radius 3 is 2.33 bits per heavy atom. The highest BCUT2D eigenvalue weighted by molar-refractivity contribution is 7.92. The van der Waals surface area contributed by atoms with E-state index in [1.165, 1.54) is 13.2 Å². The largest absolute Gasteiger partial charge is 0.497 e. The molecular weight excluding hydrogens is 572 g/mol. The first kappa shape index (κ1) is 29.3. The van der Waals surface area contributed by atoms with Crippen molar-refractivity contribution in [1.29, 1.82) is 0 Å². The van der Waals surface area contributed by atoms with Gasteiger partial charge in [0, 0.05) is 55.1 Å². The summed E-state index contributed by atoms with van der Waals surface area (Å²) in [6.45, 7) is 2.96. The Hall–Kier alpha value is -4.21. The van der Waals surface area contributed by atoms with Crippen LogP contribution < -0.4 is 19.7 Å². The second-order valence-corrected chi connectivity index (χ2v) is 12.1. The quantitative estimate of drug-likeness (QED) is 0.239. The molecule has 218 valence electrons. The van der Waals surface area contributed by atoms with Crippen molar-refractivity contribution in [2.75, 3.05) is 54.8 Å². The third-order valence-electron chi connectivity index (χ3n) is 7.17. The van der Waals surface area contributed by atoms with Gasteiger partial charge >= 0.3 is 0 Å². The molecule has 1 saturated heterocycles. The number of nitrogens with one attached hydrogen (secondary N) is 2. The van der Waals surface area contributed by atoms with E-state index in [0.717, 1.165) is 11.3 Å². The van der Waals surface area contributed by atoms with Crippen molar-refractivity contribution in [2.24, 2.45) is 0 Å². The van der Waals surface area contributed by atoms with E-state index in [0.29, 0.717) is 66.9 Å². The zero-order valence-electron chi connectivity index (χ0n) is 23.3. The molecule has 0 radical (unpaired) electrons. The maximum atomic E-state index is 13.7. The minimum absolute atomic E-state index is 0.00445. The minimum Gasteiger partial charge on any atom is -0.497 e. The second-order valence-electron chi connectivity index (χ2n) is 9.97. The van der Waals surface area contributed by atoms with Crippen molar-refractivity contribution >= 4 is 44.6 Å². The lowest BCUT2D eigenvalue weighted by atomic mass is 10.1. The molecule has 0 aliphatic carbocycles. The number of hydrogen-bond acceptors (Lipinski definition) is 6. The van der Waals surface area contributed by atoms with Crippen LogP contribution in [0.3, 0.4) is 0 Å². The number of benzene rings is 4. The molecule has 1 fully saturated rings. The summed E-state index contributed by atoms with van der Waals surface area (Å²) in [4.78, 5) is 17.6. The first-order chi connectivity index (χ1) is 20.3. The monoisotopic (exact) mass is 604 g/mol. The number of methoxy groups -OCH3 is 1. The van der Waals surface area contributed by atoms with Crippen LogP contribution in [-0.4, -0.2) is 59.1 Å².